The molecule has 5 heteroatoms. The summed E-state index contributed by atoms with van der Waals surface area (Å²) in [5, 5.41) is 19.8. The maximum absolute atomic E-state index is 13.7. The molecule has 0 fully saturated rings. The fourth-order valence-electron chi connectivity index (χ4n) is 2.94. The summed E-state index contributed by atoms with van der Waals surface area (Å²) in [6, 6.07) is 17.0. The number of benzene rings is 2. The van der Waals surface area contributed by atoms with Crippen LogP contribution in [0.1, 0.15) is 5.56 Å². The quantitative estimate of drug-likeness (QED) is 0.604. The first-order valence-corrected chi connectivity index (χ1v) is 7.36. The van der Waals surface area contributed by atoms with E-state index in [1.54, 1.807) is 30.3 Å². The van der Waals surface area contributed by atoms with Crippen LogP contribution in [0.4, 0.5) is 4.39 Å². The van der Waals surface area contributed by atoms with Gasteiger partial charge in [0.1, 0.15) is 29.0 Å². The van der Waals surface area contributed by atoms with Crippen LogP contribution in [0.15, 0.2) is 67.0 Å². The molecule has 2 aromatic carbocycles. The summed E-state index contributed by atoms with van der Waals surface area (Å²) in [5.74, 6) is 0.402. The largest absolute Gasteiger partial charge is 0.508 e. The smallest absolute Gasteiger partial charge is 0.140 e. The van der Waals surface area contributed by atoms with Gasteiger partial charge in [-0.25, -0.2) is 4.39 Å². The van der Waals surface area contributed by atoms with Crippen molar-refractivity contribution in [2.24, 2.45) is 0 Å². The Balaban J connectivity index is 2.16. The van der Waals surface area contributed by atoms with Crippen molar-refractivity contribution in [3.8, 4) is 23.3 Å². The highest BCUT2D eigenvalue weighted by Gasteiger charge is 2.20. The molecule has 0 aliphatic rings. The third kappa shape index (κ3) is 2.05. The van der Waals surface area contributed by atoms with Gasteiger partial charge in [0.15, 0.2) is 0 Å². The van der Waals surface area contributed by atoms with Crippen LogP contribution in [-0.2, 0) is 0 Å². The van der Waals surface area contributed by atoms with Gasteiger partial charge in [0.2, 0.25) is 0 Å². The molecule has 4 rings (SSSR count). The van der Waals surface area contributed by atoms with Gasteiger partial charge in [-0.1, -0.05) is 0 Å². The van der Waals surface area contributed by atoms with Crippen molar-refractivity contribution in [1.82, 2.24) is 9.13 Å². The zero-order valence-corrected chi connectivity index (χ0v) is 12.5. The predicted molar refractivity (Wildman–Crippen MR) is 88.9 cm³/mol. The van der Waals surface area contributed by atoms with Crippen LogP contribution < -0.4 is 0 Å². The first-order valence-electron chi connectivity index (χ1n) is 7.36. The molecule has 0 atom stereocenters. The van der Waals surface area contributed by atoms with Gasteiger partial charge < -0.3 is 9.67 Å². The minimum Gasteiger partial charge on any atom is -0.508 e. The van der Waals surface area contributed by atoms with Gasteiger partial charge in [-0.15, -0.1) is 0 Å². The van der Waals surface area contributed by atoms with E-state index in [4.69, 9.17) is 0 Å². The number of nitriles is 1. The van der Waals surface area contributed by atoms with Gasteiger partial charge in [0.05, 0.1) is 5.52 Å². The molecule has 0 amide bonds. The van der Waals surface area contributed by atoms with E-state index < -0.39 is 0 Å². The average molecular weight is 317 g/mol. The van der Waals surface area contributed by atoms with E-state index in [1.165, 1.54) is 12.1 Å². The van der Waals surface area contributed by atoms with Crippen molar-refractivity contribution in [3.05, 3.63) is 78.4 Å². The summed E-state index contributed by atoms with van der Waals surface area (Å²) in [7, 11) is 0. The molecule has 2 heterocycles. The van der Waals surface area contributed by atoms with Crippen molar-refractivity contribution in [2.75, 3.05) is 0 Å². The number of aromatic hydroxyl groups is 1. The molecule has 116 valence electrons. The van der Waals surface area contributed by atoms with Crippen LogP contribution in [-0.4, -0.2) is 14.2 Å². The molecule has 4 aromatic rings. The molecule has 0 saturated heterocycles. The maximum Gasteiger partial charge on any atom is 0.140 e. The minimum atomic E-state index is -0.388. The molecule has 0 saturated carbocycles. The van der Waals surface area contributed by atoms with E-state index in [2.05, 4.69) is 6.07 Å². The van der Waals surface area contributed by atoms with Crippen LogP contribution in [0, 0.1) is 17.1 Å². The normalized spacial score (nSPS) is 10.8. The highest BCUT2D eigenvalue weighted by atomic mass is 19.1. The zero-order chi connectivity index (χ0) is 16.7. The third-order valence-corrected chi connectivity index (χ3v) is 3.97. The zero-order valence-electron chi connectivity index (χ0n) is 12.5. The second-order valence-corrected chi connectivity index (χ2v) is 5.41. The summed E-state index contributed by atoms with van der Waals surface area (Å²) in [6.45, 7) is 0. The van der Waals surface area contributed by atoms with Gasteiger partial charge in [-0.2, -0.15) is 5.26 Å². The number of hydrogen-bond donors (Lipinski definition) is 1. The number of phenolic OH excluding ortho intramolecular Hbond substituents is 1. The Morgan fingerprint density at radius 1 is 1.00 bits per heavy atom. The molecule has 0 aliphatic carbocycles. The molecule has 1 N–H and O–H groups in total. The van der Waals surface area contributed by atoms with E-state index in [-0.39, 0.29) is 11.6 Å². The molecular weight excluding hydrogens is 305 g/mol. The average Bonchev–Trinajstić information content (AvgIpc) is 3.20. The number of phenols is 1. The van der Waals surface area contributed by atoms with Gasteiger partial charge in [0, 0.05) is 23.5 Å². The first kappa shape index (κ1) is 14.1. The Labute approximate surface area is 137 Å². The second-order valence-electron chi connectivity index (χ2n) is 5.41. The number of aromatic nitrogens is 2. The summed E-state index contributed by atoms with van der Waals surface area (Å²) in [4.78, 5) is 0. The highest BCUT2D eigenvalue weighted by molar-refractivity contribution is 5.92. The molecule has 0 spiro atoms. The van der Waals surface area contributed by atoms with Gasteiger partial charge >= 0.3 is 0 Å². The third-order valence-electron chi connectivity index (χ3n) is 3.97. The van der Waals surface area contributed by atoms with Crippen LogP contribution in [0.5, 0.6) is 5.75 Å². The number of fused-ring (bicyclic) bond motifs is 1. The lowest BCUT2D eigenvalue weighted by molar-refractivity contribution is 0.475. The van der Waals surface area contributed by atoms with Crippen molar-refractivity contribution in [3.63, 3.8) is 0 Å². The lowest BCUT2D eigenvalue weighted by Gasteiger charge is -2.12. The summed E-state index contributed by atoms with van der Waals surface area (Å²) in [6.07, 6.45) is 3.67. The molecular formula is C19H12FN3O. The SMILES string of the molecule is N#Cc1c(-n2cccc2)n(-c2ccc(O)cc2)c2ccc(F)cc12. The van der Waals surface area contributed by atoms with E-state index in [1.807, 2.05) is 33.7 Å². The lowest BCUT2D eigenvalue weighted by Crippen LogP contribution is -2.03. The fourth-order valence-corrected chi connectivity index (χ4v) is 2.94. The molecule has 0 radical (unpaired) electrons. The Morgan fingerprint density at radius 2 is 1.71 bits per heavy atom. The highest BCUT2D eigenvalue weighted by Crippen LogP contribution is 2.32. The summed E-state index contributed by atoms with van der Waals surface area (Å²) < 4.78 is 17.4. The van der Waals surface area contributed by atoms with Crippen molar-refractivity contribution >= 4 is 10.9 Å². The molecule has 0 unspecified atom stereocenters. The second kappa shape index (κ2) is 5.28. The molecule has 2 aromatic heterocycles. The van der Waals surface area contributed by atoms with E-state index >= 15 is 0 Å². The first-order chi connectivity index (χ1) is 11.7. The van der Waals surface area contributed by atoms with Gasteiger partial charge in [0.25, 0.3) is 0 Å². The minimum absolute atomic E-state index is 0.157. The van der Waals surface area contributed by atoms with Crippen molar-refractivity contribution < 1.29 is 9.50 Å². The predicted octanol–water partition coefficient (Wildman–Crippen LogP) is 4.14. The van der Waals surface area contributed by atoms with Crippen molar-refractivity contribution in [1.29, 1.82) is 5.26 Å². The summed E-state index contributed by atoms with van der Waals surface area (Å²) >= 11 is 0. The number of rotatable bonds is 2. The molecule has 0 aliphatic heterocycles. The lowest BCUT2D eigenvalue weighted by atomic mass is 10.2. The fraction of sp³-hybridized carbons (Fsp3) is 0. The van der Waals surface area contributed by atoms with Crippen molar-refractivity contribution in [2.45, 2.75) is 0 Å². The Bertz CT molecular complexity index is 1070. The van der Waals surface area contributed by atoms with Gasteiger partial charge in [-0.3, -0.25) is 4.57 Å². The monoisotopic (exact) mass is 317 g/mol. The topological polar surface area (TPSA) is 53.9 Å². The van der Waals surface area contributed by atoms with Crippen LogP contribution in [0.3, 0.4) is 0 Å². The van der Waals surface area contributed by atoms with Gasteiger partial charge in [-0.05, 0) is 54.6 Å². The Kier molecular flexibility index (Phi) is 3.10. The molecule has 4 nitrogen and oxygen atoms in total. The Morgan fingerprint density at radius 3 is 2.38 bits per heavy atom. The number of halogens is 1. The number of nitrogens with zero attached hydrogens (tertiary/aromatic N) is 3. The van der Waals surface area contributed by atoms with Crippen LogP contribution in [0.25, 0.3) is 22.4 Å². The summed E-state index contributed by atoms with van der Waals surface area (Å²) in [5.41, 5.74) is 1.89. The van der Waals surface area contributed by atoms with Crippen LogP contribution >= 0.6 is 0 Å². The number of hydrogen-bond acceptors (Lipinski definition) is 2. The van der Waals surface area contributed by atoms with E-state index in [0.29, 0.717) is 16.8 Å². The molecule has 0 bridgehead atoms. The standard InChI is InChI=1S/C19H12FN3O/c20-13-3-8-18-16(11-13)17(12-21)19(22-9-1-2-10-22)23(18)14-4-6-15(24)7-5-14/h1-11,24H. The van der Waals surface area contributed by atoms with E-state index in [9.17, 15) is 14.8 Å². The van der Waals surface area contributed by atoms with E-state index in [0.717, 1.165) is 11.2 Å². The van der Waals surface area contributed by atoms with Crippen LogP contribution in [0.2, 0.25) is 0 Å². The molecule has 24 heavy (non-hydrogen) atoms. The Hall–Kier alpha value is -3.52. The maximum atomic E-state index is 13.7.